The van der Waals surface area contributed by atoms with Gasteiger partial charge in [-0.05, 0) is 37.3 Å². The number of rotatable bonds is 7. The van der Waals surface area contributed by atoms with Crippen molar-refractivity contribution in [1.82, 2.24) is 4.90 Å². The van der Waals surface area contributed by atoms with E-state index in [9.17, 15) is 4.79 Å². The molecule has 0 aromatic heterocycles. The molecule has 5 heteroatoms. The highest BCUT2D eigenvalue weighted by atomic mass is 16.5. The van der Waals surface area contributed by atoms with E-state index in [2.05, 4.69) is 0 Å². The van der Waals surface area contributed by atoms with E-state index in [0.717, 1.165) is 5.75 Å². The Morgan fingerprint density at radius 2 is 1.67 bits per heavy atom. The van der Waals surface area contributed by atoms with Gasteiger partial charge in [0, 0.05) is 12.6 Å². The summed E-state index contributed by atoms with van der Waals surface area (Å²) >= 11 is 0. The van der Waals surface area contributed by atoms with Crippen molar-refractivity contribution >= 4 is 5.91 Å². The van der Waals surface area contributed by atoms with E-state index in [-0.39, 0.29) is 5.91 Å². The van der Waals surface area contributed by atoms with Crippen LogP contribution in [0.25, 0.3) is 0 Å². The summed E-state index contributed by atoms with van der Waals surface area (Å²) in [5.41, 5.74) is 1.73. The number of methoxy groups -OCH3 is 2. The molecule has 0 bridgehead atoms. The van der Waals surface area contributed by atoms with E-state index in [0.29, 0.717) is 30.2 Å². The molecule has 1 amide bonds. The van der Waals surface area contributed by atoms with Crippen LogP contribution in [0.15, 0.2) is 42.5 Å². The van der Waals surface area contributed by atoms with Crippen molar-refractivity contribution in [3.63, 3.8) is 0 Å². The highest BCUT2D eigenvalue weighted by molar-refractivity contribution is 5.94. The zero-order valence-corrected chi connectivity index (χ0v) is 14.5. The van der Waals surface area contributed by atoms with Gasteiger partial charge in [-0.3, -0.25) is 4.79 Å². The van der Waals surface area contributed by atoms with Crippen LogP contribution in [0.3, 0.4) is 0 Å². The summed E-state index contributed by atoms with van der Waals surface area (Å²) in [6.07, 6.45) is 0. The SMILES string of the molecule is COc1ccc(C(=O)N(C)CCOc2ccc(C)cc2)cc1OC. The molecule has 0 fully saturated rings. The van der Waals surface area contributed by atoms with Crippen LogP contribution in [0, 0.1) is 6.92 Å². The van der Waals surface area contributed by atoms with Gasteiger partial charge < -0.3 is 19.1 Å². The predicted octanol–water partition coefficient (Wildman–Crippen LogP) is 3.16. The van der Waals surface area contributed by atoms with E-state index in [1.54, 1.807) is 44.4 Å². The molecule has 0 aliphatic rings. The average molecular weight is 329 g/mol. The number of likely N-dealkylation sites (N-methyl/N-ethyl adjacent to an activating group) is 1. The number of carbonyl (C=O) groups excluding carboxylic acids is 1. The maximum atomic E-state index is 12.5. The first-order valence-corrected chi connectivity index (χ1v) is 7.72. The molecule has 0 N–H and O–H groups in total. The number of ether oxygens (including phenoxy) is 3. The van der Waals surface area contributed by atoms with Crippen molar-refractivity contribution in [3.8, 4) is 17.2 Å². The zero-order valence-electron chi connectivity index (χ0n) is 14.5. The summed E-state index contributed by atoms with van der Waals surface area (Å²) in [4.78, 5) is 14.1. The van der Waals surface area contributed by atoms with Gasteiger partial charge in [-0.1, -0.05) is 17.7 Å². The van der Waals surface area contributed by atoms with Crippen molar-refractivity contribution in [2.75, 3.05) is 34.4 Å². The number of amides is 1. The molecule has 2 aromatic carbocycles. The summed E-state index contributed by atoms with van der Waals surface area (Å²) < 4.78 is 16.1. The third-order valence-corrected chi connectivity index (χ3v) is 3.69. The average Bonchev–Trinajstić information content (AvgIpc) is 2.62. The highest BCUT2D eigenvalue weighted by Gasteiger charge is 2.14. The predicted molar refractivity (Wildman–Crippen MR) is 93.2 cm³/mol. The van der Waals surface area contributed by atoms with Crippen LogP contribution in [0.5, 0.6) is 17.2 Å². The van der Waals surface area contributed by atoms with Crippen LogP contribution in [-0.2, 0) is 0 Å². The number of benzene rings is 2. The molecule has 0 saturated carbocycles. The standard InChI is InChI=1S/C19H23NO4/c1-14-5-8-16(9-6-14)24-12-11-20(2)19(21)15-7-10-17(22-3)18(13-15)23-4/h5-10,13H,11-12H2,1-4H3. The quantitative estimate of drug-likeness (QED) is 0.783. The Morgan fingerprint density at radius 3 is 2.29 bits per heavy atom. The normalized spacial score (nSPS) is 10.2. The summed E-state index contributed by atoms with van der Waals surface area (Å²) in [5, 5.41) is 0. The van der Waals surface area contributed by atoms with Crippen LogP contribution in [0.1, 0.15) is 15.9 Å². The second-order valence-electron chi connectivity index (χ2n) is 5.46. The Kier molecular flexibility index (Phi) is 6.07. The molecule has 0 aliphatic carbocycles. The van der Waals surface area contributed by atoms with Gasteiger partial charge in [0.15, 0.2) is 11.5 Å². The molecule has 0 radical (unpaired) electrons. The summed E-state index contributed by atoms with van der Waals surface area (Å²) in [6, 6.07) is 13.0. The summed E-state index contributed by atoms with van der Waals surface area (Å²) in [5.74, 6) is 1.84. The minimum Gasteiger partial charge on any atom is -0.493 e. The van der Waals surface area contributed by atoms with Crippen LogP contribution in [0.4, 0.5) is 0 Å². The lowest BCUT2D eigenvalue weighted by Gasteiger charge is -2.18. The van der Waals surface area contributed by atoms with E-state index in [1.165, 1.54) is 5.56 Å². The molecule has 2 aromatic rings. The fourth-order valence-corrected chi connectivity index (χ4v) is 2.23. The zero-order chi connectivity index (χ0) is 17.5. The molecule has 5 nitrogen and oxygen atoms in total. The van der Waals surface area contributed by atoms with E-state index in [1.807, 2.05) is 31.2 Å². The first-order chi connectivity index (χ1) is 11.5. The van der Waals surface area contributed by atoms with Crippen molar-refractivity contribution < 1.29 is 19.0 Å². The Balaban J connectivity index is 1.93. The van der Waals surface area contributed by atoms with Crippen molar-refractivity contribution in [3.05, 3.63) is 53.6 Å². The van der Waals surface area contributed by atoms with Gasteiger partial charge in [0.25, 0.3) is 5.91 Å². The number of nitrogens with zero attached hydrogens (tertiary/aromatic N) is 1. The lowest BCUT2D eigenvalue weighted by Crippen LogP contribution is -2.30. The number of aryl methyl sites for hydroxylation is 1. The van der Waals surface area contributed by atoms with Gasteiger partial charge in [0.2, 0.25) is 0 Å². The summed E-state index contributed by atoms with van der Waals surface area (Å²) in [7, 11) is 4.86. The van der Waals surface area contributed by atoms with E-state index < -0.39 is 0 Å². The largest absolute Gasteiger partial charge is 0.493 e. The number of hydrogen-bond donors (Lipinski definition) is 0. The third kappa shape index (κ3) is 4.41. The fourth-order valence-electron chi connectivity index (χ4n) is 2.23. The van der Waals surface area contributed by atoms with Crippen LogP contribution in [-0.4, -0.2) is 45.2 Å². The molecule has 0 aliphatic heterocycles. The summed E-state index contributed by atoms with van der Waals surface area (Å²) in [6.45, 7) is 2.94. The van der Waals surface area contributed by atoms with E-state index in [4.69, 9.17) is 14.2 Å². The van der Waals surface area contributed by atoms with Gasteiger partial charge in [-0.2, -0.15) is 0 Å². The van der Waals surface area contributed by atoms with Gasteiger partial charge in [0.1, 0.15) is 12.4 Å². The monoisotopic (exact) mass is 329 g/mol. The second-order valence-corrected chi connectivity index (χ2v) is 5.46. The minimum absolute atomic E-state index is 0.0940. The molecule has 0 spiro atoms. The Labute approximate surface area is 142 Å². The van der Waals surface area contributed by atoms with Gasteiger partial charge in [-0.15, -0.1) is 0 Å². The number of hydrogen-bond acceptors (Lipinski definition) is 4. The molecule has 0 atom stereocenters. The number of carbonyl (C=O) groups is 1. The molecule has 2 rings (SSSR count). The highest BCUT2D eigenvalue weighted by Crippen LogP contribution is 2.27. The Hall–Kier alpha value is -2.69. The minimum atomic E-state index is -0.0940. The molecule has 0 unspecified atom stereocenters. The molecule has 0 saturated heterocycles. The van der Waals surface area contributed by atoms with Gasteiger partial charge in [0.05, 0.1) is 20.8 Å². The molecule has 24 heavy (non-hydrogen) atoms. The maximum Gasteiger partial charge on any atom is 0.253 e. The van der Waals surface area contributed by atoms with Crippen molar-refractivity contribution in [1.29, 1.82) is 0 Å². The van der Waals surface area contributed by atoms with Gasteiger partial charge in [-0.25, -0.2) is 0 Å². The van der Waals surface area contributed by atoms with Crippen LogP contribution in [0.2, 0.25) is 0 Å². The first-order valence-electron chi connectivity index (χ1n) is 7.72. The van der Waals surface area contributed by atoms with Crippen molar-refractivity contribution in [2.45, 2.75) is 6.92 Å². The molecular formula is C19H23NO4. The lowest BCUT2D eigenvalue weighted by atomic mass is 10.1. The molecular weight excluding hydrogens is 306 g/mol. The Morgan fingerprint density at radius 1 is 1.00 bits per heavy atom. The Bertz CT molecular complexity index is 682. The van der Waals surface area contributed by atoms with Gasteiger partial charge >= 0.3 is 0 Å². The second kappa shape index (κ2) is 8.24. The van der Waals surface area contributed by atoms with Crippen LogP contribution < -0.4 is 14.2 Å². The van der Waals surface area contributed by atoms with Crippen molar-refractivity contribution in [2.24, 2.45) is 0 Å². The third-order valence-electron chi connectivity index (χ3n) is 3.69. The van der Waals surface area contributed by atoms with E-state index >= 15 is 0 Å². The smallest absolute Gasteiger partial charge is 0.253 e. The first kappa shape index (κ1) is 17.7. The molecule has 0 heterocycles. The lowest BCUT2D eigenvalue weighted by molar-refractivity contribution is 0.0773. The maximum absolute atomic E-state index is 12.5. The van der Waals surface area contributed by atoms with Crippen LogP contribution >= 0.6 is 0 Å². The topological polar surface area (TPSA) is 48.0 Å². The molecule has 128 valence electrons. The fraction of sp³-hybridized carbons (Fsp3) is 0.316.